The van der Waals surface area contributed by atoms with E-state index in [0.717, 1.165) is 27.7 Å². The Balaban J connectivity index is 1.89. The fourth-order valence-electron chi connectivity index (χ4n) is 3.95. The zero-order valence-corrected chi connectivity index (χ0v) is 17.9. The number of benzene rings is 1. The molecule has 0 aliphatic carbocycles. The van der Waals surface area contributed by atoms with Crippen LogP contribution in [-0.4, -0.2) is 39.9 Å². The largest absolute Gasteiger partial charge is 0.493 e. The Morgan fingerprint density at radius 1 is 1.40 bits per heavy atom. The van der Waals surface area contributed by atoms with Gasteiger partial charge in [0.1, 0.15) is 5.75 Å². The molecule has 10 heteroatoms. The van der Waals surface area contributed by atoms with Gasteiger partial charge < -0.3 is 19.4 Å². The lowest BCUT2D eigenvalue weighted by molar-refractivity contribution is -0.146. The molecule has 1 aromatic carbocycles. The van der Waals surface area contributed by atoms with Crippen molar-refractivity contribution in [3.8, 4) is 16.9 Å². The number of nitrogens with zero attached hydrogens (tertiary/aromatic N) is 2. The topological polar surface area (TPSA) is 98.2 Å². The van der Waals surface area contributed by atoms with Crippen LogP contribution < -0.4 is 10.1 Å². The van der Waals surface area contributed by atoms with Gasteiger partial charge in [0.05, 0.1) is 39.8 Å². The van der Waals surface area contributed by atoms with Crippen molar-refractivity contribution in [1.82, 2.24) is 20.1 Å². The second kappa shape index (κ2) is 8.20. The molecule has 0 saturated heterocycles. The van der Waals surface area contributed by atoms with Crippen LogP contribution >= 0.6 is 23.2 Å². The SMILES string of the molecule is CCOc1cc(Cl)c(Cl)c2c1c(-c1cn[nH]c1)c1n2CC[C@@H]1NC(=O)COC(C)=O. The molecule has 1 amide bonds. The van der Waals surface area contributed by atoms with Crippen LogP contribution in [0.2, 0.25) is 10.0 Å². The van der Waals surface area contributed by atoms with Crippen molar-refractivity contribution < 1.29 is 19.1 Å². The van der Waals surface area contributed by atoms with E-state index in [-0.39, 0.29) is 18.6 Å². The van der Waals surface area contributed by atoms with Gasteiger partial charge >= 0.3 is 5.97 Å². The van der Waals surface area contributed by atoms with Gasteiger partial charge in [0.25, 0.3) is 5.91 Å². The number of nitrogens with one attached hydrogen (secondary N) is 2. The van der Waals surface area contributed by atoms with E-state index in [0.29, 0.717) is 35.4 Å². The van der Waals surface area contributed by atoms with Gasteiger partial charge in [0.2, 0.25) is 0 Å². The van der Waals surface area contributed by atoms with E-state index in [2.05, 4.69) is 20.1 Å². The van der Waals surface area contributed by atoms with Gasteiger partial charge in [-0.15, -0.1) is 0 Å². The maximum Gasteiger partial charge on any atom is 0.303 e. The Labute approximate surface area is 182 Å². The zero-order valence-electron chi connectivity index (χ0n) is 16.4. The van der Waals surface area contributed by atoms with Gasteiger partial charge in [-0.2, -0.15) is 5.10 Å². The molecule has 2 N–H and O–H groups in total. The summed E-state index contributed by atoms with van der Waals surface area (Å²) in [7, 11) is 0. The van der Waals surface area contributed by atoms with Gasteiger partial charge in [0, 0.05) is 42.6 Å². The molecule has 1 aliphatic heterocycles. The summed E-state index contributed by atoms with van der Waals surface area (Å²) in [4.78, 5) is 23.4. The quantitative estimate of drug-likeness (QED) is 0.555. The Bertz CT molecular complexity index is 1120. The molecule has 30 heavy (non-hydrogen) atoms. The molecule has 0 bridgehead atoms. The summed E-state index contributed by atoms with van der Waals surface area (Å²) in [5.74, 6) is -0.265. The van der Waals surface area contributed by atoms with Crippen molar-refractivity contribution in [3.63, 3.8) is 0 Å². The highest BCUT2D eigenvalue weighted by Crippen LogP contribution is 2.49. The first-order chi connectivity index (χ1) is 14.4. The molecule has 2 aromatic heterocycles. The number of ether oxygens (including phenoxy) is 2. The van der Waals surface area contributed by atoms with Gasteiger partial charge in [-0.1, -0.05) is 23.2 Å². The normalized spacial score (nSPS) is 15.3. The van der Waals surface area contributed by atoms with Crippen LogP contribution in [0.5, 0.6) is 5.75 Å². The maximum atomic E-state index is 12.3. The van der Waals surface area contributed by atoms with Crippen molar-refractivity contribution in [2.45, 2.75) is 32.9 Å². The molecule has 0 fully saturated rings. The Kier molecular flexibility index (Phi) is 5.62. The lowest BCUT2D eigenvalue weighted by atomic mass is 10.00. The molecule has 0 radical (unpaired) electrons. The zero-order chi connectivity index (χ0) is 21.4. The number of rotatable bonds is 6. The van der Waals surface area contributed by atoms with Crippen molar-refractivity contribution in [2.75, 3.05) is 13.2 Å². The molecule has 8 nitrogen and oxygen atoms in total. The van der Waals surface area contributed by atoms with E-state index in [4.69, 9.17) is 32.7 Å². The average molecular weight is 451 g/mol. The smallest absolute Gasteiger partial charge is 0.303 e. The number of esters is 1. The van der Waals surface area contributed by atoms with Crippen molar-refractivity contribution >= 4 is 46.0 Å². The number of halogens is 2. The van der Waals surface area contributed by atoms with Crippen molar-refractivity contribution in [1.29, 1.82) is 0 Å². The predicted octanol–water partition coefficient (Wildman–Crippen LogP) is 3.86. The molecule has 0 spiro atoms. The molecule has 0 saturated carbocycles. The first-order valence-electron chi connectivity index (χ1n) is 9.51. The van der Waals surface area contributed by atoms with Gasteiger partial charge in [-0.25, -0.2) is 0 Å². The minimum absolute atomic E-state index is 0.297. The Morgan fingerprint density at radius 2 is 2.20 bits per heavy atom. The first-order valence-corrected chi connectivity index (χ1v) is 10.3. The van der Waals surface area contributed by atoms with Crippen LogP contribution in [-0.2, 0) is 20.9 Å². The second-order valence-corrected chi connectivity index (χ2v) is 7.70. The number of carbonyl (C=O) groups is 2. The summed E-state index contributed by atoms with van der Waals surface area (Å²) in [5, 5.41) is 11.5. The maximum absolute atomic E-state index is 12.3. The number of aromatic nitrogens is 3. The van der Waals surface area contributed by atoms with E-state index in [1.807, 2.05) is 6.92 Å². The standard InChI is InChI=1S/C20H20Cl2N4O4/c1-3-29-14-6-12(21)18(22)20-17(14)16(11-7-23-24-8-11)19-13(4-5-26(19)20)25-15(28)9-30-10(2)27/h6-8,13H,3-5,9H2,1-2H3,(H,23,24)(H,25,28)/t13-/m0/s1. The minimum Gasteiger partial charge on any atom is -0.493 e. The number of aryl methyl sites for hydroxylation is 1. The third-order valence-electron chi connectivity index (χ3n) is 5.03. The number of amides is 1. The molecule has 0 unspecified atom stereocenters. The number of H-pyrrole nitrogens is 1. The summed E-state index contributed by atoms with van der Waals surface area (Å²) in [5.41, 5.74) is 3.36. The van der Waals surface area contributed by atoms with E-state index in [9.17, 15) is 9.59 Å². The Hall–Kier alpha value is -2.71. The highest BCUT2D eigenvalue weighted by Gasteiger charge is 2.34. The van der Waals surface area contributed by atoms with E-state index in [1.54, 1.807) is 18.5 Å². The Morgan fingerprint density at radius 3 is 2.87 bits per heavy atom. The third-order valence-corrected chi connectivity index (χ3v) is 5.80. The van der Waals surface area contributed by atoms with E-state index < -0.39 is 5.97 Å². The van der Waals surface area contributed by atoms with Gasteiger partial charge in [-0.05, 0) is 13.3 Å². The molecule has 1 aliphatic rings. The van der Waals surface area contributed by atoms with Crippen LogP contribution in [0.4, 0.5) is 0 Å². The summed E-state index contributed by atoms with van der Waals surface area (Å²) >= 11 is 13.0. The number of carbonyl (C=O) groups excluding carboxylic acids is 2. The molecular weight excluding hydrogens is 431 g/mol. The highest BCUT2D eigenvalue weighted by molar-refractivity contribution is 6.45. The molecular formula is C20H20Cl2N4O4. The van der Waals surface area contributed by atoms with Crippen molar-refractivity contribution in [2.24, 2.45) is 0 Å². The fourth-order valence-corrected chi connectivity index (χ4v) is 4.39. The average Bonchev–Trinajstić information content (AvgIpc) is 3.41. The number of fused-ring (bicyclic) bond motifs is 3. The summed E-state index contributed by atoms with van der Waals surface area (Å²) < 4.78 is 12.8. The summed E-state index contributed by atoms with van der Waals surface area (Å²) in [6, 6.07) is 1.42. The lowest BCUT2D eigenvalue weighted by Gasteiger charge is -2.15. The predicted molar refractivity (Wildman–Crippen MR) is 113 cm³/mol. The van der Waals surface area contributed by atoms with Crippen LogP contribution in [0.3, 0.4) is 0 Å². The van der Waals surface area contributed by atoms with Crippen LogP contribution in [0.25, 0.3) is 22.0 Å². The minimum atomic E-state index is -0.507. The first kappa shape index (κ1) is 20.6. The summed E-state index contributed by atoms with van der Waals surface area (Å²) in [6.45, 7) is 3.92. The highest BCUT2D eigenvalue weighted by atomic mass is 35.5. The number of hydrogen-bond donors (Lipinski definition) is 2. The molecule has 3 aromatic rings. The molecule has 3 heterocycles. The third kappa shape index (κ3) is 3.50. The number of aromatic amines is 1. The van der Waals surface area contributed by atoms with Crippen molar-refractivity contribution in [3.05, 3.63) is 34.2 Å². The monoisotopic (exact) mass is 450 g/mol. The molecule has 158 valence electrons. The lowest BCUT2D eigenvalue weighted by Crippen LogP contribution is -2.31. The summed E-state index contributed by atoms with van der Waals surface area (Å²) in [6.07, 6.45) is 4.16. The van der Waals surface area contributed by atoms with Crippen LogP contribution in [0.1, 0.15) is 32.0 Å². The van der Waals surface area contributed by atoms with Gasteiger partial charge in [0.15, 0.2) is 6.61 Å². The number of hydrogen-bond acceptors (Lipinski definition) is 5. The fraction of sp³-hybridized carbons (Fsp3) is 0.350. The van der Waals surface area contributed by atoms with E-state index in [1.165, 1.54) is 6.92 Å². The van der Waals surface area contributed by atoms with E-state index >= 15 is 0 Å². The van der Waals surface area contributed by atoms with Crippen LogP contribution in [0, 0.1) is 0 Å². The molecule has 1 atom stereocenters. The second-order valence-electron chi connectivity index (χ2n) is 6.92. The van der Waals surface area contributed by atoms with Crippen LogP contribution in [0.15, 0.2) is 18.5 Å². The van der Waals surface area contributed by atoms with Gasteiger partial charge in [-0.3, -0.25) is 14.7 Å². The molecule has 4 rings (SSSR count).